The van der Waals surface area contributed by atoms with Gasteiger partial charge in [-0.25, -0.2) is 9.67 Å². The molecule has 3 rings (SSSR count). The number of nitrogens with one attached hydrogen (secondary N) is 1. The zero-order chi connectivity index (χ0) is 17.5. The third-order valence-electron chi connectivity index (χ3n) is 4.11. The molecule has 0 spiro atoms. The van der Waals surface area contributed by atoms with E-state index in [1.807, 2.05) is 49.4 Å². The Balaban J connectivity index is 1.50. The van der Waals surface area contributed by atoms with Gasteiger partial charge in [-0.15, -0.1) is 0 Å². The van der Waals surface area contributed by atoms with Crippen LogP contribution in [0.3, 0.4) is 0 Å². The lowest BCUT2D eigenvalue weighted by Crippen LogP contribution is -2.32. The molecule has 0 aliphatic heterocycles. The topological polar surface area (TPSA) is 59.8 Å². The highest BCUT2D eigenvalue weighted by Crippen LogP contribution is 2.08. The predicted molar refractivity (Wildman–Crippen MR) is 97.3 cm³/mol. The smallest absolute Gasteiger partial charge is 0.251 e. The number of amides is 1. The van der Waals surface area contributed by atoms with Crippen LogP contribution in [0.5, 0.6) is 0 Å². The van der Waals surface area contributed by atoms with Gasteiger partial charge >= 0.3 is 0 Å². The van der Waals surface area contributed by atoms with Crippen LogP contribution in [0.1, 0.15) is 34.8 Å². The molecule has 3 aromatic rings. The van der Waals surface area contributed by atoms with Gasteiger partial charge in [0, 0.05) is 11.6 Å². The first kappa shape index (κ1) is 16.9. The molecule has 1 atom stereocenters. The normalized spacial score (nSPS) is 11.9. The first-order chi connectivity index (χ1) is 12.2. The Kier molecular flexibility index (Phi) is 5.57. The molecule has 1 N–H and O–H groups in total. The molecule has 0 saturated carbocycles. The van der Waals surface area contributed by atoms with Crippen molar-refractivity contribution in [3.05, 3.63) is 83.9 Å². The second kappa shape index (κ2) is 8.24. The second-order valence-corrected chi connectivity index (χ2v) is 6.19. The lowest BCUT2D eigenvalue weighted by atomic mass is 10.1. The van der Waals surface area contributed by atoms with Crippen LogP contribution in [0.4, 0.5) is 0 Å². The number of hydrogen-bond donors (Lipinski definition) is 1. The molecule has 0 aliphatic carbocycles. The van der Waals surface area contributed by atoms with Crippen LogP contribution in [0.25, 0.3) is 0 Å². The van der Waals surface area contributed by atoms with Gasteiger partial charge in [0.05, 0.1) is 6.54 Å². The molecule has 2 aromatic carbocycles. The maximum absolute atomic E-state index is 12.4. The van der Waals surface area contributed by atoms with E-state index >= 15 is 0 Å². The summed E-state index contributed by atoms with van der Waals surface area (Å²) in [6.45, 7) is 2.69. The number of aryl methyl sites for hydroxylation is 1. The molecule has 0 fully saturated rings. The van der Waals surface area contributed by atoms with Gasteiger partial charge in [0.2, 0.25) is 0 Å². The summed E-state index contributed by atoms with van der Waals surface area (Å²) in [5.74, 6) is -0.0344. The van der Waals surface area contributed by atoms with Crippen LogP contribution in [0, 0.1) is 0 Å². The van der Waals surface area contributed by atoms with Gasteiger partial charge < -0.3 is 5.32 Å². The highest BCUT2D eigenvalue weighted by Gasteiger charge is 2.10. The zero-order valence-corrected chi connectivity index (χ0v) is 14.3. The predicted octanol–water partition coefficient (Wildman–Crippen LogP) is 3.08. The van der Waals surface area contributed by atoms with Crippen LogP contribution < -0.4 is 5.32 Å². The molecular weight excluding hydrogens is 312 g/mol. The van der Waals surface area contributed by atoms with E-state index in [0.29, 0.717) is 12.1 Å². The number of carbonyl (C=O) groups is 1. The minimum atomic E-state index is -0.0344. The van der Waals surface area contributed by atoms with Gasteiger partial charge in [0.1, 0.15) is 12.7 Å². The average Bonchev–Trinajstić information content (AvgIpc) is 3.14. The lowest BCUT2D eigenvalue weighted by Gasteiger charge is -2.14. The molecule has 1 aromatic heterocycles. The van der Waals surface area contributed by atoms with Crippen molar-refractivity contribution in [1.29, 1.82) is 0 Å². The molecule has 1 unspecified atom stereocenters. The molecular formula is C20H22N4O. The Morgan fingerprint density at radius 3 is 2.52 bits per heavy atom. The molecule has 1 amide bonds. The van der Waals surface area contributed by atoms with Gasteiger partial charge in [0.15, 0.2) is 0 Å². The van der Waals surface area contributed by atoms with Crippen LogP contribution in [-0.4, -0.2) is 26.7 Å². The summed E-state index contributed by atoms with van der Waals surface area (Å²) in [6, 6.07) is 18.1. The van der Waals surface area contributed by atoms with Gasteiger partial charge in [-0.3, -0.25) is 4.79 Å². The van der Waals surface area contributed by atoms with E-state index in [4.69, 9.17) is 0 Å². The number of nitrogens with zero attached hydrogens (tertiary/aromatic N) is 3. The fourth-order valence-electron chi connectivity index (χ4n) is 2.67. The summed E-state index contributed by atoms with van der Waals surface area (Å²) in [4.78, 5) is 16.3. The fraction of sp³-hybridized carbons (Fsp3) is 0.250. The maximum Gasteiger partial charge on any atom is 0.251 e. The molecule has 0 aliphatic rings. The third kappa shape index (κ3) is 5.01. The van der Waals surface area contributed by atoms with Crippen LogP contribution in [0.15, 0.2) is 67.3 Å². The maximum atomic E-state index is 12.4. The Hall–Kier alpha value is -2.95. The van der Waals surface area contributed by atoms with Crippen molar-refractivity contribution in [3.63, 3.8) is 0 Å². The van der Waals surface area contributed by atoms with Crippen molar-refractivity contribution in [2.45, 2.75) is 32.4 Å². The minimum absolute atomic E-state index is 0.0344. The van der Waals surface area contributed by atoms with E-state index in [-0.39, 0.29) is 11.9 Å². The van der Waals surface area contributed by atoms with Gasteiger partial charge in [0.25, 0.3) is 5.91 Å². The molecule has 25 heavy (non-hydrogen) atoms. The van der Waals surface area contributed by atoms with Gasteiger partial charge in [-0.2, -0.15) is 5.10 Å². The number of rotatable bonds is 7. The second-order valence-electron chi connectivity index (χ2n) is 6.19. The molecule has 1 heterocycles. The highest BCUT2D eigenvalue weighted by atomic mass is 16.1. The van der Waals surface area contributed by atoms with Crippen LogP contribution in [-0.2, 0) is 13.0 Å². The highest BCUT2D eigenvalue weighted by molar-refractivity contribution is 5.94. The van der Waals surface area contributed by atoms with E-state index in [0.717, 1.165) is 18.4 Å². The number of hydrogen-bond acceptors (Lipinski definition) is 3. The van der Waals surface area contributed by atoms with Crippen LogP contribution >= 0.6 is 0 Å². The van der Waals surface area contributed by atoms with Crippen molar-refractivity contribution in [2.24, 2.45) is 0 Å². The number of aromatic nitrogens is 3. The van der Waals surface area contributed by atoms with Crippen LogP contribution in [0.2, 0.25) is 0 Å². The Morgan fingerprint density at radius 1 is 1.08 bits per heavy atom. The van der Waals surface area contributed by atoms with E-state index in [9.17, 15) is 4.79 Å². The van der Waals surface area contributed by atoms with Crippen molar-refractivity contribution >= 4 is 5.91 Å². The molecule has 0 bridgehead atoms. The monoisotopic (exact) mass is 334 g/mol. The summed E-state index contributed by atoms with van der Waals surface area (Å²) in [5.41, 5.74) is 3.05. The molecule has 5 nitrogen and oxygen atoms in total. The molecule has 0 radical (unpaired) electrons. The Labute approximate surface area is 147 Å². The van der Waals surface area contributed by atoms with Crippen molar-refractivity contribution in [3.8, 4) is 0 Å². The standard InChI is InChI=1S/C20H22N4O/c1-16(7-8-17-5-3-2-4-6-17)23-20(25)19-11-9-18(10-12-19)13-24-15-21-14-22-24/h2-6,9-12,14-16H,7-8,13H2,1H3,(H,23,25). The van der Waals surface area contributed by atoms with E-state index in [1.165, 1.54) is 11.9 Å². The largest absolute Gasteiger partial charge is 0.350 e. The van der Waals surface area contributed by atoms with Crippen molar-refractivity contribution in [2.75, 3.05) is 0 Å². The van der Waals surface area contributed by atoms with E-state index < -0.39 is 0 Å². The summed E-state index contributed by atoms with van der Waals surface area (Å²) in [6.07, 6.45) is 5.06. The fourth-order valence-corrected chi connectivity index (χ4v) is 2.67. The summed E-state index contributed by atoms with van der Waals surface area (Å²) < 4.78 is 1.75. The van der Waals surface area contributed by atoms with E-state index in [2.05, 4.69) is 27.5 Å². The van der Waals surface area contributed by atoms with Crippen molar-refractivity contribution in [1.82, 2.24) is 20.1 Å². The molecule has 0 saturated heterocycles. The zero-order valence-electron chi connectivity index (χ0n) is 14.3. The quantitative estimate of drug-likeness (QED) is 0.722. The summed E-state index contributed by atoms with van der Waals surface area (Å²) in [5, 5.41) is 7.15. The Bertz CT molecular complexity index is 782. The number of benzene rings is 2. The van der Waals surface area contributed by atoms with E-state index in [1.54, 1.807) is 11.0 Å². The lowest BCUT2D eigenvalue weighted by molar-refractivity contribution is 0.0938. The number of carbonyl (C=O) groups excluding carboxylic acids is 1. The van der Waals surface area contributed by atoms with Gasteiger partial charge in [-0.1, -0.05) is 42.5 Å². The van der Waals surface area contributed by atoms with Gasteiger partial charge in [-0.05, 0) is 43.0 Å². The first-order valence-corrected chi connectivity index (χ1v) is 8.47. The minimum Gasteiger partial charge on any atom is -0.350 e. The molecule has 5 heteroatoms. The first-order valence-electron chi connectivity index (χ1n) is 8.47. The van der Waals surface area contributed by atoms with Crippen molar-refractivity contribution < 1.29 is 4.79 Å². The third-order valence-corrected chi connectivity index (χ3v) is 4.11. The average molecular weight is 334 g/mol. The summed E-state index contributed by atoms with van der Waals surface area (Å²) in [7, 11) is 0. The Morgan fingerprint density at radius 2 is 1.84 bits per heavy atom. The SMILES string of the molecule is CC(CCc1ccccc1)NC(=O)c1ccc(Cn2cncn2)cc1. The summed E-state index contributed by atoms with van der Waals surface area (Å²) >= 11 is 0. The molecule has 128 valence electrons.